The predicted molar refractivity (Wildman–Crippen MR) is 110 cm³/mol. The fourth-order valence-electron chi connectivity index (χ4n) is 2.14. The van der Waals surface area contributed by atoms with Gasteiger partial charge in [-0.25, -0.2) is 0 Å². The van der Waals surface area contributed by atoms with E-state index in [9.17, 15) is 4.79 Å². The number of benzene rings is 2. The van der Waals surface area contributed by atoms with Crippen LogP contribution in [0.4, 0.5) is 5.69 Å². The smallest absolute Gasteiger partial charge is 0.286 e. The fraction of sp³-hybridized carbons (Fsp3) is 0.0500. The maximum absolute atomic E-state index is 12.2. The highest BCUT2D eigenvalue weighted by molar-refractivity contribution is 7.15. The van der Waals surface area contributed by atoms with Crippen molar-refractivity contribution >= 4 is 45.6 Å². The Bertz CT molecular complexity index is 953. The SMILES string of the molecule is C=CCOc1ccc(C=C(Cl)c2nnc(C(=O)Nc3ccccc3)s2)cc1. The Kier molecular flexibility index (Phi) is 6.35. The Morgan fingerprint density at radius 3 is 2.52 bits per heavy atom. The monoisotopic (exact) mass is 397 g/mol. The zero-order chi connectivity index (χ0) is 19.1. The van der Waals surface area contributed by atoms with Crippen molar-refractivity contribution in [3.05, 3.63) is 82.8 Å². The summed E-state index contributed by atoms with van der Waals surface area (Å²) >= 11 is 7.47. The van der Waals surface area contributed by atoms with E-state index in [0.717, 1.165) is 22.6 Å². The molecule has 0 atom stereocenters. The van der Waals surface area contributed by atoms with Gasteiger partial charge in [-0.05, 0) is 35.9 Å². The highest BCUT2D eigenvalue weighted by atomic mass is 35.5. The van der Waals surface area contributed by atoms with Gasteiger partial charge >= 0.3 is 0 Å². The van der Waals surface area contributed by atoms with Crippen LogP contribution in [0, 0.1) is 0 Å². The van der Waals surface area contributed by atoms with Gasteiger partial charge in [0.15, 0.2) is 5.01 Å². The Balaban J connectivity index is 1.68. The van der Waals surface area contributed by atoms with Gasteiger partial charge in [-0.1, -0.05) is 65.9 Å². The molecule has 2 aromatic carbocycles. The van der Waals surface area contributed by atoms with Gasteiger partial charge < -0.3 is 10.1 Å². The fourth-order valence-corrected chi connectivity index (χ4v) is 3.07. The molecule has 0 aliphatic heterocycles. The molecule has 1 N–H and O–H groups in total. The Morgan fingerprint density at radius 2 is 1.81 bits per heavy atom. The number of carbonyl (C=O) groups is 1. The van der Waals surface area contributed by atoms with E-state index in [0.29, 0.717) is 22.3 Å². The van der Waals surface area contributed by atoms with Crippen LogP contribution in [0.2, 0.25) is 0 Å². The van der Waals surface area contributed by atoms with Crippen LogP contribution in [0.1, 0.15) is 20.4 Å². The standard InChI is InChI=1S/C20H16ClN3O2S/c1-2-12-26-16-10-8-14(9-11-16)13-17(21)19-23-24-20(27-19)18(25)22-15-6-4-3-5-7-15/h2-11,13H,1,12H2,(H,22,25). The minimum Gasteiger partial charge on any atom is -0.490 e. The normalized spacial score (nSPS) is 11.1. The number of hydrogen-bond donors (Lipinski definition) is 1. The van der Waals surface area contributed by atoms with Crippen molar-refractivity contribution in [2.45, 2.75) is 0 Å². The van der Waals surface area contributed by atoms with Gasteiger partial charge in [-0.15, -0.1) is 10.2 Å². The first-order valence-corrected chi connectivity index (χ1v) is 9.26. The lowest BCUT2D eigenvalue weighted by atomic mass is 10.2. The van der Waals surface area contributed by atoms with Crippen LogP contribution in [0.15, 0.2) is 67.3 Å². The molecule has 3 aromatic rings. The van der Waals surface area contributed by atoms with Gasteiger partial charge in [-0.2, -0.15) is 0 Å². The average Bonchev–Trinajstić information content (AvgIpc) is 3.19. The lowest BCUT2D eigenvalue weighted by Crippen LogP contribution is -2.11. The minimum absolute atomic E-state index is 0.244. The van der Waals surface area contributed by atoms with Crippen molar-refractivity contribution in [1.82, 2.24) is 10.2 Å². The third-order valence-corrected chi connectivity index (χ3v) is 4.75. The summed E-state index contributed by atoms with van der Waals surface area (Å²) < 4.78 is 5.44. The molecule has 0 spiro atoms. The molecule has 136 valence electrons. The number of para-hydroxylation sites is 1. The molecule has 3 rings (SSSR count). The van der Waals surface area contributed by atoms with Gasteiger partial charge in [0.2, 0.25) is 5.01 Å². The number of anilines is 1. The van der Waals surface area contributed by atoms with Crippen molar-refractivity contribution in [3.63, 3.8) is 0 Å². The van der Waals surface area contributed by atoms with Crippen LogP contribution in [-0.2, 0) is 0 Å². The summed E-state index contributed by atoms with van der Waals surface area (Å²) in [5.41, 5.74) is 1.58. The van der Waals surface area contributed by atoms with Crippen molar-refractivity contribution < 1.29 is 9.53 Å². The quantitative estimate of drug-likeness (QED) is 0.564. The number of ether oxygens (including phenoxy) is 1. The van der Waals surface area contributed by atoms with Crippen LogP contribution in [0.3, 0.4) is 0 Å². The van der Waals surface area contributed by atoms with Crippen LogP contribution in [0.5, 0.6) is 5.75 Å². The summed E-state index contributed by atoms with van der Waals surface area (Å²) in [4.78, 5) is 12.2. The maximum atomic E-state index is 12.2. The molecule has 27 heavy (non-hydrogen) atoms. The number of nitrogens with one attached hydrogen (secondary N) is 1. The molecular weight excluding hydrogens is 382 g/mol. The highest BCUT2D eigenvalue weighted by Gasteiger charge is 2.14. The summed E-state index contributed by atoms with van der Waals surface area (Å²) in [6.07, 6.45) is 3.45. The first-order chi connectivity index (χ1) is 13.2. The van der Waals surface area contributed by atoms with Crippen molar-refractivity contribution in [3.8, 4) is 5.75 Å². The number of amides is 1. The average molecular weight is 398 g/mol. The van der Waals surface area contributed by atoms with Gasteiger partial charge in [0, 0.05) is 5.69 Å². The number of nitrogens with zero attached hydrogens (tertiary/aromatic N) is 2. The van der Waals surface area contributed by atoms with E-state index in [-0.39, 0.29) is 10.9 Å². The molecule has 0 radical (unpaired) electrons. The molecular formula is C20H16ClN3O2S. The van der Waals surface area contributed by atoms with Gasteiger partial charge in [0.25, 0.3) is 5.91 Å². The van der Waals surface area contributed by atoms with Crippen LogP contribution >= 0.6 is 22.9 Å². The molecule has 0 fully saturated rings. The molecule has 0 unspecified atom stereocenters. The van der Waals surface area contributed by atoms with E-state index >= 15 is 0 Å². The second-order valence-electron chi connectivity index (χ2n) is 5.39. The number of hydrogen-bond acceptors (Lipinski definition) is 5. The van der Waals surface area contributed by atoms with Gasteiger partial charge in [0.1, 0.15) is 12.4 Å². The summed E-state index contributed by atoms with van der Waals surface area (Å²) in [7, 11) is 0. The topological polar surface area (TPSA) is 64.1 Å². The van der Waals surface area contributed by atoms with E-state index in [1.54, 1.807) is 24.3 Å². The molecule has 5 nitrogen and oxygen atoms in total. The highest BCUT2D eigenvalue weighted by Crippen LogP contribution is 2.26. The van der Waals surface area contributed by atoms with Crippen molar-refractivity contribution in [1.29, 1.82) is 0 Å². The molecule has 1 amide bonds. The second-order valence-corrected chi connectivity index (χ2v) is 6.78. The van der Waals surface area contributed by atoms with E-state index in [1.165, 1.54) is 0 Å². The van der Waals surface area contributed by atoms with Crippen LogP contribution < -0.4 is 10.1 Å². The molecule has 1 heterocycles. The largest absolute Gasteiger partial charge is 0.490 e. The Labute approximate surface area is 166 Å². The lowest BCUT2D eigenvalue weighted by molar-refractivity contribution is 0.102. The first kappa shape index (κ1) is 18.8. The number of aromatic nitrogens is 2. The summed E-state index contributed by atoms with van der Waals surface area (Å²) in [6, 6.07) is 16.6. The number of rotatable bonds is 7. The Hall–Kier alpha value is -2.96. The maximum Gasteiger partial charge on any atom is 0.286 e. The molecule has 0 saturated carbocycles. The van der Waals surface area contributed by atoms with Crippen molar-refractivity contribution in [2.24, 2.45) is 0 Å². The van der Waals surface area contributed by atoms with E-state index in [1.807, 2.05) is 42.5 Å². The number of carbonyl (C=O) groups excluding carboxylic acids is 1. The third-order valence-electron chi connectivity index (χ3n) is 3.40. The minimum atomic E-state index is -0.321. The first-order valence-electron chi connectivity index (χ1n) is 8.07. The molecule has 0 saturated heterocycles. The zero-order valence-electron chi connectivity index (χ0n) is 14.3. The zero-order valence-corrected chi connectivity index (χ0v) is 15.8. The second kappa shape index (κ2) is 9.12. The summed E-state index contributed by atoms with van der Waals surface area (Å²) in [6.45, 7) is 4.06. The molecule has 0 aliphatic carbocycles. The van der Waals surface area contributed by atoms with Crippen LogP contribution in [0.25, 0.3) is 11.1 Å². The Morgan fingerprint density at radius 1 is 1.11 bits per heavy atom. The van der Waals surface area contributed by atoms with Crippen LogP contribution in [-0.4, -0.2) is 22.7 Å². The summed E-state index contributed by atoms with van der Waals surface area (Å²) in [5, 5.41) is 11.8. The third kappa shape index (κ3) is 5.26. The van der Waals surface area contributed by atoms with Gasteiger partial charge in [-0.3, -0.25) is 4.79 Å². The molecule has 7 heteroatoms. The molecule has 1 aromatic heterocycles. The molecule has 0 bridgehead atoms. The van der Waals surface area contributed by atoms with Gasteiger partial charge in [0.05, 0.1) is 5.03 Å². The summed E-state index contributed by atoms with van der Waals surface area (Å²) in [5.74, 6) is 0.428. The molecule has 0 aliphatic rings. The van der Waals surface area contributed by atoms with E-state index in [2.05, 4.69) is 22.1 Å². The van der Waals surface area contributed by atoms with E-state index in [4.69, 9.17) is 16.3 Å². The van der Waals surface area contributed by atoms with Crippen molar-refractivity contribution in [2.75, 3.05) is 11.9 Å². The predicted octanol–water partition coefficient (Wildman–Crippen LogP) is 5.09. The van der Waals surface area contributed by atoms with E-state index < -0.39 is 0 Å². The lowest BCUT2D eigenvalue weighted by Gasteiger charge is -2.03. The number of halogens is 1.